The second-order valence-electron chi connectivity index (χ2n) is 7.24. The molecule has 1 amide bonds. The molecule has 0 saturated heterocycles. The summed E-state index contributed by atoms with van der Waals surface area (Å²) in [6.45, 7) is 4.94. The van der Waals surface area contributed by atoms with Crippen molar-refractivity contribution in [3.05, 3.63) is 95.1 Å². The summed E-state index contributed by atoms with van der Waals surface area (Å²) in [4.78, 5) is 15.5. The standard InChI is InChI=1S/C25H24N2O2/c1-17-8-6-7-11-21(17)24-18(2)22-14-20(12-13-23(22)27-24)15-26-25(28)29-16-19-9-4-3-5-10-19/h3-14,27H,15-16H2,1-2H3,(H,26,28). The van der Waals surface area contributed by atoms with E-state index in [2.05, 4.69) is 60.5 Å². The van der Waals surface area contributed by atoms with E-state index in [1.165, 1.54) is 22.1 Å². The molecular weight excluding hydrogens is 360 g/mol. The fourth-order valence-electron chi connectivity index (χ4n) is 3.55. The van der Waals surface area contributed by atoms with Gasteiger partial charge in [-0.25, -0.2) is 4.79 Å². The van der Waals surface area contributed by atoms with Gasteiger partial charge in [-0.2, -0.15) is 0 Å². The minimum atomic E-state index is -0.416. The maximum atomic E-state index is 12.0. The van der Waals surface area contributed by atoms with Crippen LogP contribution in [0.2, 0.25) is 0 Å². The number of carbonyl (C=O) groups is 1. The Morgan fingerprint density at radius 2 is 1.69 bits per heavy atom. The molecule has 2 N–H and O–H groups in total. The maximum absolute atomic E-state index is 12.0. The molecule has 29 heavy (non-hydrogen) atoms. The van der Waals surface area contributed by atoms with Gasteiger partial charge in [-0.3, -0.25) is 0 Å². The number of benzene rings is 3. The summed E-state index contributed by atoms with van der Waals surface area (Å²) in [7, 11) is 0. The highest BCUT2D eigenvalue weighted by Crippen LogP contribution is 2.31. The van der Waals surface area contributed by atoms with E-state index in [0.717, 1.165) is 22.3 Å². The van der Waals surface area contributed by atoms with Gasteiger partial charge in [0.2, 0.25) is 0 Å². The Morgan fingerprint density at radius 1 is 0.931 bits per heavy atom. The molecule has 0 saturated carbocycles. The average molecular weight is 384 g/mol. The van der Waals surface area contributed by atoms with Crippen molar-refractivity contribution in [3.8, 4) is 11.3 Å². The summed E-state index contributed by atoms with van der Waals surface area (Å²) >= 11 is 0. The number of nitrogens with one attached hydrogen (secondary N) is 2. The Morgan fingerprint density at radius 3 is 2.48 bits per heavy atom. The molecular formula is C25H24N2O2. The van der Waals surface area contributed by atoms with Gasteiger partial charge >= 0.3 is 6.09 Å². The lowest BCUT2D eigenvalue weighted by atomic mass is 10.0. The Labute approximate surface area is 170 Å². The van der Waals surface area contributed by atoms with Gasteiger partial charge in [0.05, 0.1) is 0 Å². The quantitative estimate of drug-likeness (QED) is 0.451. The van der Waals surface area contributed by atoms with E-state index >= 15 is 0 Å². The molecule has 4 aromatic rings. The van der Waals surface area contributed by atoms with Crippen molar-refractivity contribution in [1.29, 1.82) is 0 Å². The molecule has 4 heteroatoms. The third kappa shape index (κ3) is 4.16. The van der Waals surface area contributed by atoms with Gasteiger partial charge in [0.25, 0.3) is 0 Å². The molecule has 0 aliphatic rings. The third-order valence-electron chi connectivity index (χ3n) is 5.19. The molecule has 0 unspecified atom stereocenters. The minimum Gasteiger partial charge on any atom is -0.445 e. The van der Waals surface area contributed by atoms with Gasteiger partial charge in [0, 0.05) is 28.7 Å². The molecule has 1 aromatic heterocycles. The molecule has 0 radical (unpaired) electrons. The first kappa shape index (κ1) is 18.8. The van der Waals surface area contributed by atoms with Crippen molar-refractivity contribution >= 4 is 17.0 Å². The molecule has 0 aliphatic carbocycles. The van der Waals surface area contributed by atoms with E-state index < -0.39 is 6.09 Å². The summed E-state index contributed by atoms with van der Waals surface area (Å²) in [6, 6.07) is 24.2. The predicted molar refractivity (Wildman–Crippen MR) is 117 cm³/mol. The number of ether oxygens (including phenoxy) is 1. The lowest BCUT2D eigenvalue weighted by Gasteiger charge is -2.07. The molecule has 0 fully saturated rings. The molecule has 4 rings (SSSR count). The van der Waals surface area contributed by atoms with Crippen molar-refractivity contribution in [2.75, 3.05) is 0 Å². The van der Waals surface area contributed by atoms with Crippen LogP contribution in [0.3, 0.4) is 0 Å². The predicted octanol–water partition coefficient (Wildman–Crippen LogP) is 5.88. The second kappa shape index (κ2) is 8.23. The number of aromatic nitrogens is 1. The molecule has 0 aliphatic heterocycles. The van der Waals surface area contributed by atoms with Crippen molar-refractivity contribution in [2.24, 2.45) is 0 Å². The zero-order chi connectivity index (χ0) is 20.2. The number of hydrogen-bond donors (Lipinski definition) is 2. The zero-order valence-corrected chi connectivity index (χ0v) is 16.7. The zero-order valence-electron chi connectivity index (χ0n) is 16.7. The molecule has 4 nitrogen and oxygen atoms in total. The van der Waals surface area contributed by atoms with Crippen LogP contribution in [0.4, 0.5) is 4.79 Å². The van der Waals surface area contributed by atoms with E-state index in [0.29, 0.717) is 6.54 Å². The van der Waals surface area contributed by atoms with Crippen LogP contribution >= 0.6 is 0 Å². The van der Waals surface area contributed by atoms with E-state index in [9.17, 15) is 4.79 Å². The third-order valence-corrected chi connectivity index (χ3v) is 5.19. The van der Waals surface area contributed by atoms with Crippen molar-refractivity contribution < 1.29 is 9.53 Å². The van der Waals surface area contributed by atoms with Crippen molar-refractivity contribution in [2.45, 2.75) is 27.0 Å². The van der Waals surface area contributed by atoms with E-state index in [1.807, 2.05) is 36.4 Å². The number of rotatable bonds is 5. The van der Waals surface area contributed by atoms with Crippen molar-refractivity contribution in [3.63, 3.8) is 0 Å². The molecule has 0 spiro atoms. The van der Waals surface area contributed by atoms with Gasteiger partial charge < -0.3 is 15.0 Å². The minimum absolute atomic E-state index is 0.266. The van der Waals surface area contributed by atoms with Crippen LogP contribution in [0, 0.1) is 13.8 Å². The first-order valence-electron chi connectivity index (χ1n) is 9.73. The fourth-order valence-corrected chi connectivity index (χ4v) is 3.55. The Hall–Kier alpha value is -3.53. The number of aryl methyl sites for hydroxylation is 2. The van der Waals surface area contributed by atoms with E-state index in [4.69, 9.17) is 4.74 Å². The lowest BCUT2D eigenvalue weighted by Crippen LogP contribution is -2.23. The molecule has 0 bridgehead atoms. The Bertz CT molecular complexity index is 1150. The monoisotopic (exact) mass is 384 g/mol. The summed E-state index contributed by atoms with van der Waals surface area (Å²) < 4.78 is 5.28. The van der Waals surface area contributed by atoms with Gasteiger partial charge in [-0.1, -0.05) is 60.7 Å². The van der Waals surface area contributed by atoms with Crippen LogP contribution in [0.5, 0.6) is 0 Å². The van der Waals surface area contributed by atoms with E-state index in [1.54, 1.807) is 0 Å². The van der Waals surface area contributed by atoms with Gasteiger partial charge in [0.15, 0.2) is 0 Å². The number of hydrogen-bond acceptors (Lipinski definition) is 2. The summed E-state index contributed by atoms with van der Waals surface area (Å²) in [5.74, 6) is 0. The number of alkyl carbamates (subject to hydrolysis) is 1. The average Bonchev–Trinajstić information content (AvgIpc) is 3.07. The maximum Gasteiger partial charge on any atom is 0.407 e. The normalized spacial score (nSPS) is 10.8. The first-order chi connectivity index (χ1) is 14.1. The summed E-state index contributed by atoms with van der Waals surface area (Å²) in [6.07, 6.45) is -0.416. The largest absolute Gasteiger partial charge is 0.445 e. The van der Waals surface area contributed by atoms with Crippen LogP contribution in [-0.2, 0) is 17.9 Å². The van der Waals surface area contributed by atoms with Gasteiger partial charge in [0.1, 0.15) is 6.61 Å². The molecule has 146 valence electrons. The summed E-state index contributed by atoms with van der Waals surface area (Å²) in [5.41, 5.74) is 7.91. The Kier molecular flexibility index (Phi) is 5.34. The number of fused-ring (bicyclic) bond motifs is 1. The highest BCUT2D eigenvalue weighted by molar-refractivity contribution is 5.91. The van der Waals surface area contributed by atoms with Gasteiger partial charge in [-0.15, -0.1) is 0 Å². The molecule has 0 atom stereocenters. The van der Waals surface area contributed by atoms with E-state index in [-0.39, 0.29) is 6.61 Å². The highest BCUT2D eigenvalue weighted by Gasteiger charge is 2.12. The topological polar surface area (TPSA) is 54.1 Å². The highest BCUT2D eigenvalue weighted by atomic mass is 16.5. The van der Waals surface area contributed by atoms with Crippen LogP contribution in [0.15, 0.2) is 72.8 Å². The lowest BCUT2D eigenvalue weighted by molar-refractivity contribution is 0.139. The molecule has 1 heterocycles. The summed E-state index contributed by atoms with van der Waals surface area (Å²) in [5, 5.41) is 4.00. The van der Waals surface area contributed by atoms with Gasteiger partial charge in [-0.05, 0) is 48.2 Å². The number of H-pyrrole nitrogens is 1. The first-order valence-corrected chi connectivity index (χ1v) is 9.73. The van der Waals surface area contributed by atoms with Crippen molar-refractivity contribution in [1.82, 2.24) is 10.3 Å². The number of carbonyl (C=O) groups excluding carboxylic acids is 1. The number of amides is 1. The Balaban J connectivity index is 1.46. The second-order valence-corrected chi connectivity index (χ2v) is 7.24. The van der Waals surface area contributed by atoms with Crippen LogP contribution < -0.4 is 5.32 Å². The van der Waals surface area contributed by atoms with Crippen LogP contribution in [-0.4, -0.2) is 11.1 Å². The smallest absolute Gasteiger partial charge is 0.407 e. The van der Waals surface area contributed by atoms with Crippen LogP contribution in [0.25, 0.3) is 22.2 Å². The number of aromatic amines is 1. The SMILES string of the molecule is Cc1ccccc1-c1[nH]c2ccc(CNC(=O)OCc3ccccc3)cc2c1C. The molecule has 3 aromatic carbocycles. The van der Waals surface area contributed by atoms with Crippen LogP contribution in [0.1, 0.15) is 22.3 Å². The fraction of sp³-hybridized carbons (Fsp3) is 0.160.